The van der Waals surface area contributed by atoms with Gasteiger partial charge in [-0.2, -0.15) is 0 Å². The number of benzene rings is 2. The van der Waals surface area contributed by atoms with Crippen LogP contribution < -0.4 is 15.8 Å². The van der Waals surface area contributed by atoms with Gasteiger partial charge in [0, 0.05) is 26.8 Å². The van der Waals surface area contributed by atoms with Gasteiger partial charge in [0.25, 0.3) is 11.8 Å². The molecule has 37 heavy (non-hydrogen) atoms. The molecule has 7 nitrogen and oxygen atoms in total. The molecule has 0 radical (unpaired) electrons. The average molecular weight is 526 g/mol. The second-order valence-corrected chi connectivity index (χ2v) is 17.0. The maximum Gasteiger partial charge on any atom is 0.255 e. The molecule has 2 N–H and O–H groups in total. The molecule has 0 aromatic heterocycles. The fraction of sp³-hybridized carbons (Fsp3) is 0.517. The van der Waals surface area contributed by atoms with Crippen LogP contribution in [0.2, 0.25) is 25.7 Å². The van der Waals surface area contributed by atoms with Gasteiger partial charge in [-0.3, -0.25) is 15.0 Å². The van der Waals surface area contributed by atoms with Crippen LogP contribution in [0.4, 0.5) is 5.69 Å². The van der Waals surface area contributed by atoms with E-state index in [1.165, 1.54) is 5.01 Å². The van der Waals surface area contributed by atoms with Gasteiger partial charge in [-0.05, 0) is 43.0 Å². The number of ether oxygens (including phenoxy) is 2. The molecule has 2 aromatic carbocycles. The van der Waals surface area contributed by atoms with E-state index in [-0.39, 0.29) is 30.6 Å². The highest BCUT2D eigenvalue weighted by molar-refractivity contribution is 6.76. The van der Waals surface area contributed by atoms with Crippen molar-refractivity contribution in [2.75, 3.05) is 25.0 Å². The molecule has 1 heterocycles. The number of carbonyl (C=O) groups excluding carboxylic acids is 2. The third kappa shape index (κ3) is 7.74. The normalized spacial score (nSPS) is 17.1. The van der Waals surface area contributed by atoms with E-state index in [4.69, 9.17) is 9.47 Å². The molecular weight excluding hydrogens is 482 g/mol. The molecule has 0 saturated carbocycles. The zero-order valence-corrected chi connectivity index (χ0v) is 24.3. The van der Waals surface area contributed by atoms with Gasteiger partial charge >= 0.3 is 0 Å². The summed E-state index contributed by atoms with van der Waals surface area (Å²) >= 11 is 0. The van der Waals surface area contributed by atoms with Crippen LogP contribution in [-0.2, 0) is 19.1 Å². The number of amides is 2. The lowest BCUT2D eigenvalue weighted by Gasteiger charge is -2.28. The summed E-state index contributed by atoms with van der Waals surface area (Å²) < 4.78 is 11.7. The van der Waals surface area contributed by atoms with E-state index in [1.807, 2.05) is 55.5 Å². The van der Waals surface area contributed by atoms with Crippen LogP contribution in [0.1, 0.15) is 39.2 Å². The third-order valence-corrected chi connectivity index (χ3v) is 8.50. The minimum absolute atomic E-state index is 0.0998. The molecule has 2 amide bonds. The van der Waals surface area contributed by atoms with Gasteiger partial charge in [0.1, 0.15) is 6.79 Å². The van der Waals surface area contributed by atoms with E-state index in [0.717, 1.165) is 22.7 Å². The predicted octanol–water partition coefficient (Wildman–Crippen LogP) is 5.17. The first-order valence-corrected chi connectivity index (χ1v) is 17.0. The van der Waals surface area contributed by atoms with E-state index < -0.39 is 20.0 Å². The van der Waals surface area contributed by atoms with Crippen LogP contribution in [0.15, 0.2) is 48.5 Å². The summed E-state index contributed by atoms with van der Waals surface area (Å²) in [5.74, 6) is -0.597. The second-order valence-electron chi connectivity index (χ2n) is 11.4. The standard InChI is InChI=1S/C29H43N3O4Si/c1-20(2)27(36-19-35-16-17-37(5,6)7)18-30-22(4)28(33)31-32-26-15-11-10-14-25(26)24-13-9-8-12-23(24)21(3)29(32)34/h8-15,20-22,27,30H,16-19H2,1-7H3,(H,31,33)/t21?,22-,27+/m0/s1. The lowest BCUT2D eigenvalue weighted by atomic mass is 9.92. The van der Waals surface area contributed by atoms with Crippen molar-refractivity contribution in [1.29, 1.82) is 0 Å². The molecule has 8 heteroatoms. The van der Waals surface area contributed by atoms with Gasteiger partial charge in [0.15, 0.2) is 0 Å². The fourth-order valence-corrected chi connectivity index (χ4v) is 4.99. The highest BCUT2D eigenvalue weighted by Crippen LogP contribution is 2.39. The number of nitrogens with one attached hydrogen (secondary N) is 2. The van der Waals surface area contributed by atoms with E-state index in [1.54, 1.807) is 6.92 Å². The van der Waals surface area contributed by atoms with Crippen LogP contribution in [0.3, 0.4) is 0 Å². The third-order valence-electron chi connectivity index (χ3n) is 6.80. The highest BCUT2D eigenvalue weighted by Gasteiger charge is 2.33. The average Bonchev–Trinajstić information content (AvgIpc) is 2.94. The number of carbonyl (C=O) groups is 2. The number of hydrogen-bond acceptors (Lipinski definition) is 5. The van der Waals surface area contributed by atoms with E-state index in [0.29, 0.717) is 18.8 Å². The Morgan fingerprint density at radius 1 is 1.03 bits per heavy atom. The van der Waals surface area contributed by atoms with Crippen molar-refractivity contribution < 1.29 is 19.1 Å². The Hall–Kier alpha value is -2.52. The van der Waals surface area contributed by atoms with Crippen LogP contribution in [0.25, 0.3) is 11.1 Å². The first-order valence-electron chi connectivity index (χ1n) is 13.2. The van der Waals surface area contributed by atoms with Crippen molar-refractivity contribution in [2.45, 2.75) is 71.4 Å². The number of para-hydroxylation sites is 1. The van der Waals surface area contributed by atoms with Crippen LogP contribution in [0, 0.1) is 5.92 Å². The second kappa shape index (κ2) is 12.8. The molecule has 3 rings (SSSR count). The summed E-state index contributed by atoms with van der Waals surface area (Å²) in [6.07, 6.45) is -0.0998. The number of hydrogen-bond donors (Lipinski definition) is 2. The summed E-state index contributed by atoms with van der Waals surface area (Å²) in [7, 11) is -1.14. The van der Waals surface area contributed by atoms with Crippen molar-refractivity contribution in [2.24, 2.45) is 5.92 Å². The smallest absolute Gasteiger partial charge is 0.255 e. The Morgan fingerprint density at radius 3 is 2.35 bits per heavy atom. The summed E-state index contributed by atoms with van der Waals surface area (Å²) in [5, 5.41) is 4.68. The maximum absolute atomic E-state index is 13.5. The summed E-state index contributed by atoms with van der Waals surface area (Å²) in [6.45, 7) is 16.3. The van der Waals surface area contributed by atoms with Crippen molar-refractivity contribution in [3.8, 4) is 11.1 Å². The summed E-state index contributed by atoms with van der Waals surface area (Å²) in [6, 6.07) is 16.1. The first kappa shape index (κ1) is 29.0. The molecular formula is C29H43N3O4Si. The SMILES string of the molecule is CC1C(=O)N(NC(=O)[C@H](C)NC[C@@H](OCOCC[Si](C)(C)C)C(C)C)c2ccccc2-c2ccccc21. The maximum atomic E-state index is 13.5. The van der Waals surface area contributed by atoms with Gasteiger partial charge in [-0.25, -0.2) is 5.01 Å². The Kier molecular flexibility index (Phi) is 10.1. The molecule has 1 aliphatic heterocycles. The van der Waals surface area contributed by atoms with Gasteiger partial charge in [-0.1, -0.05) is 76.0 Å². The summed E-state index contributed by atoms with van der Waals surface area (Å²) in [4.78, 5) is 26.7. The van der Waals surface area contributed by atoms with Gasteiger partial charge < -0.3 is 14.8 Å². The molecule has 0 fully saturated rings. The van der Waals surface area contributed by atoms with Gasteiger partial charge in [0.05, 0.1) is 23.8 Å². The van der Waals surface area contributed by atoms with Crippen molar-refractivity contribution in [1.82, 2.24) is 10.7 Å². The first-order chi connectivity index (χ1) is 17.5. The fourth-order valence-electron chi connectivity index (χ4n) is 4.23. The Morgan fingerprint density at radius 2 is 1.68 bits per heavy atom. The molecule has 3 atom stereocenters. The van der Waals surface area contributed by atoms with Crippen LogP contribution in [0.5, 0.6) is 0 Å². The quantitative estimate of drug-likeness (QED) is 0.227. The number of anilines is 1. The zero-order chi connectivity index (χ0) is 27.2. The van der Waals surface area contributed by atoms with Gasteiger partial charge in [0.2, 0.25) is 0 Å². The van der Waals surface area contributed by atoms with Crippen molar-refractivity contribution in [3.05, 3.63) is 54.1 Å². The molecule has 202 valence electrons. The molecule has 1 unspecified atom stereocenters. The minimum atomic E-state index is -1.14. The summed E-state index contributed by atoms with van der Waals surface area (Å²) in [5.41, 5.74) is 6.42. The van der Waals surface area contributed by atoms with Crippen molar-refractivity contribution in [3.63, 3.8) is 0 Å². The monoisotopic (exact) mass is 525 g/mol. The lowest BCUT2D eigenvalue weighted by molar-refractivity contribution is -0.128. The molecule has 1 aliphatic rings. The van der Waals surface area contributed by atoms with Crippen LogP contribution >= 0.6 is 0 Å². The van der Waals surface area contributed by atoms with Gasteiger partial charge in [-0.15, -0.1) is 0 Å². The largest absolute Gasteiger partial charge is 0.356 e. The van der Waals surface area contributed by atoms with E-state index in [9.17, 15) is 9.59 Å². The lowest BCUT2D eigenvalue weighted by Crippen LogP contribution is -2.54. The Labute approximate surface area is 222 Å². The molecule has 0 bridgehead atoms. The number of nitrogens with zero attached hydrogens (tertiary/aromatic N) is 1. The number of hydrazine groups is 1. The predicted molar refractivity (Wildman–Crippen MR) is 152 cm³/mol. The molecule has 0 saturated heterocycles. The molecule has 0 aliphatic carbocycles. The Bertz CT molecular complexity index is 1070. The van der Waals surface area contributed by atoms with E-state index >= 15 is 0 Å². The highest BCUT2D eigenvalue weighted by atomic mass is 28.3. The number of rotatable bonds is 12. The Balaban J connectivity index is 1.62. The molecule has 2 aromatic rings. The van der Waals surface area contributed by atoms with Crippen molar-refractivity contribution >= 4 is 25.6 Å². The van der Waals surface area contributed by atoms with E-state index in [2.05, 4.69) is 44.2 Å². The van der Waals surface area contributed by atoms with Crippen LogP contribution in [-0.4, -0.2) is 52.0 Å². The topological polar surface area (TPSA) is 79.9 Å². The zero-order valence-electron chi connectivity index (χ0n) is 23.3. The minimum Gasteiger partial charge on any atom is -0.356 e. The number of fused-ring (bicyclic) bond motifs is 3. The molecule has 0 spiro atoms.